The van der Waals surface area contributed by atoms with Crippen molar-refractivity contribution in [2.24, 2.45) is 5.92 Å². The molecule has 0 unspecified atom stereocenters. The van der Waals surface area contributed by atoms with Gasteiger partial charge in [0.05, 0.1) is 24.7 Å². The molecule has 18 heavy (non-hydrogen) atoms. The minimum atomic E-state index is -0.462. The van der Waals surface area contributed by atoms with E-state index in [2.05, 4.69) is 5.32 Å². The lowest BCUT2D eigenvalue weighted by molar-refractivity contribution is -0.384. The van der Waals surface area contributed by atoms with Gasteiger partial charge in [-0.2, -0.15) is 0 Å². The second-order valence-corrected chi connectivity index (χ2v) is 4.32. The first-order chi connectivity index (χ1) is 8.49. The number of anilines is 1. The molecule has 0 radical (unpaired) electrons. The van der Waals surface area contributed by atoms with Crippen LogP contribution >= 0.6 is 0 Å². The number of rotatable bonds is 6. The van der Waals surface area contributed by atoms with Crippen LogP contribution in [-0.2, 0) is 0 Å². The lowest BCUT2D eigenvalue weighted by atomic mass is 10.0. The maximum absolute atomic E-state index is 10.9. The number of hydrogen-bond donors (Lipinski definition) is 2. The number of aliphatic hydroxyl groups is 1. The predicted molar refractivity (Wildman–Crippen MR) is 69.0 cm³/mol. The van der Waals surface area contributed by atoms with Crippen LogP contribution in [0.25, 0.3) is 0 Å². The smallest absolute Gasteiger partial charge is 0.292 e. The SMILES string of the molecule is COc1ccc([N+](=O)[O-])c(N[C@H](CO)C(C)C)c1. The third kappa shape index (κ3) is 3.33. The van der Waals surface area contributed by atoms with E-state index >= 15 is 0 Å². The number of methoxy groups -OCH3 is 1. The quantitative estimate of drug-likeness (QED) is 0.599. The van der Waals surface area contributed by atoms with E-state index in [4.69, 9.17) is 4.74 Å². The van der Waals surface area contributed by atoms with Crippen molar-refractivity contribution in [3.05, 3.63) is 28.3 Å². The first kappa shape index (κ1) is 14.2. The molecular formula is C12H18N2O4. The molecule has 1 atom stereocenters. The average molecular weight is 254 g/mol. The fourth-order valence-electron chi connectivity index (χ4n) is 1.54. The molecule has 0 spiro atoms. The maximum Gasteiger partial charge on any atom is 0.292 e. The van der Waals surface area contributed by atoms with E-state index in [9.17, 15) is 15.2 Å². The molecule has 1 aromatic rings. The Bertz CT molecular complexity index is 421. The van der Waals surface area contributed by atoms with E-state index in [1.807, 2.05) is 13.8 Å². The zero-order chi connectivity index (χ0) is 13.7. The molecule has 0 saturated carbocycles. The van der Waals surface area contributed by atoms with Crippen LogP contribution in [0.15, 0.2) is 18.2 Å². The van der Waals surface area contributed by atoms with Gasteiger partial charge in [0.25, 0.3) is 5.69 Å². The van der Waals surface area contributed by atoms with Gasteiger partial charge in [-0.25, -0.2) is 0 Å². The highest BCUT2D eigenvalue weighted by molar-refractivity contribution is 5.64. The fourth-order valence-corrected chi connectivity index (χ4v) is 1.54. The number of nitrogens with one attached hydrogen (secondary N) is 1. The van der Waals surface area contributed by atoms with E-state index in [-0.39, 0.29) is 24.3 Å². The number of benzene rings is 1. The van der Waals surface area contributed by atoms with Gasteiger partial charge in [0.2, 0.25) is 0 Å². The number of hydrogen-bond acceptors (Lipinski definition) is 5. The van der Waals surface area contributed by atoms with E-state index < -0.39 is 4.92 Å². The number of nitro groups is 1. The predicted octanol–water partition coefficient (Wildman–Crippen LogP) is 2.03. The Balaban J connectivity index is 3.07. The van der Waals surface area contributed by atoms with Crippen LogP contribution in [0.4, 0.5) is 11.4 Å². The summed E-state index contributed by atoms with van der Waals surface area (Å²) in [7, 11) is 1.50. The number of nitrogens with zero attached hydrogens (tertiary/aromatic N) is 1. The highest BCUT2D eigenvalue weighted by Crippen LogP contribution is 2.30. The Morgan fingerprint density at radius 3 is 2.61 bits per heavy atom. The van der Waals surface area contributed by atoms with E-state index in [1.54, 1.807) is 6.07 Å². The fraction of sp³-hybridized carbons (Fsp3) is 0.500. The van der Waals surface area contributed by atoms with Crippen LogP contribution < -0.4 is 10.1 Å². The van der Waals surface area contributed by atoms with Crippen molar-refractivity contribution in [1.29, 1.82) is 0 Å². The minimum Gasteiger partial charge on any atom is -0.497 e. The standard InChI is InChI=1S/C12H18N2O4/c1-8(2)11(7-15)13-10-6-9(18-3)4-5-12(10)14(16)17/h4-6,8,11,13,15H,7H2,1-3H3/t11-/m1/s1. The van der Waals surface area contributed by atoms with Crippen molar-refractivity contribution in [2.45, 2.75) is 19.9 Å². The summed E-state index contributed by atoms with van der Waals surface area (Å²) in [5.74, 6) is 0.685. The van der Waals surface area contributed by atoms with E-state index in [0.717, 1.165) is 0 Å². The summed E-state index contributed by atoms with van der Waals surface area (Å²) in [6.07, 6.45) is 0. The third-order valence-electron chi connectivity index (χ3n) is 2.74. The maximum atomic E-state index is 10.9. The van der Waals surface area contributed by atoms with Gasteiger partial charge >= 0.3 is 0 Å². The molecule has 1 rings (SSSR count). The molecule has 0 aliphatic heterocycles. The molecule has 2 N–H and O–H groups in total. The normalized spacial score (nSPS) is 12.3. The van der Waals surface area contributed by atoms with Crippen molar-refractivity contribution in [3.63, 3.8) is 0 Å². The molecule has 0 aromatic heterocycles. The van der Waals surface area contributed by atoms with Gasteiger partial charge in [-0.15, -0.1) is 0 Å². The van der Waals surface area contributed by atoms with Crippen LogP contribution in [0.2, 0.25) is 0 Å². The van der Waals surface area contributed by atoms with Crippen LogP contribution in [0, 0.1) is 16.0 Å². The van der Waals surface area contributed by atoms with Gasteiger partial charge in [-0.1, -0.05) is 13.8 Å². The highest BCUT2D eigenvalue weighted by Gasteiger charge is 2.19. The monoisotopic (exact) mass is 254 g/mol. The summed E-state index contributed by atoms with van der Waals surface area (Å²) in [4.78, 5) is 10.5. The summed E-state index contributed by atoms with van der Waals surface area (Å²) in [5.41, 5.74) is 0.321. The topological polar surface area (TPSA) is 84.6 Å². The Labute approximate surface area is 106 Å². The Morgan fingerprint density at radius 1 is 1.50 bits per heavy atom. The highest BCUT2D eigenvalue weighted by atomic mass is 16.6. The molecule has 0 saturated heterocycles. The minimum absolute atomic E-state index is 0.0325. The Hall–Kier alpha value is -1.82. The number of ether oxygens (including phenoxy) is 1. The summed E-state index contributed by atoms with van der Waals surface area (Å²) < 4.78 is 5.04. The average Bonchev–Trinajstić information content (AvgIpc) is 2.34. The van der Waals surface area contributed by atoms with Gasteiger partial charge in [-0.05, 0) is 12.0 Å². The van der Waals surface area contributed by atoms with E-state index in [1.165, 1.54) is 19.2 Å². The molecule has 0 heterocycles. The molecule has 6 nitrogen and oxygen atoms in total. The molecule has 0 fully saturated rings. The molecular weight excluding hydrogens is 236 g/mol. The lowest BCUT2D eigenvalue weighted by Gasteiger charge is -2.21. The first-order valence-corrected chi connectivity index (χ1v) is 5.69. The molecule has 0 aliphatic carbocycles. The van der Waals surface area contributed by atoms with Crippen LogP contribution in [0.1, 0.15) is 13.8 Å². The van der Waals surface area contributed by atoms with Crippen molar-refractivity contribution >= 4 is 11.4 Å². The second-order valence-electron chi connectivity index (χ2n) is 4.32. The summed E-state index contributed by atoms with van der Waals surface area (Å²) in [5, 5.41) is 23.2. The second kappa shape index (κ2) is 6.20. The summed E-state index contributed by atoms with van der Waals surface area (Å²) in [6.45, 7) is 3.77. The van der Waals surface area contributed by atoms with Crippen molar-refractivity contribution in [2.75, 3.05) is 19.0 Å². The van der Waals surface area contributed by atoms with Crippen LogP contribution in [0.3, 0.4) is 0 Å². The summed E-state index contributed by atoms with van der Waals surface area (Å²) in [6, 6.07) is 4.24. The number of nitro benzene ring substituents is 1. The molecule has 0 amide bonds. The molecule has 1 aromatic carbocycles. The molecule has 0 bridgehead atoms. The van der Waals surface area contributed by atoms with Gasteiger partial charge in [0, 0.05) is 12.1 Å². The molecule has 6 heteroatoms. The Morgan fingerprint density at radius 2 is 2.17 bits per heavy atom. The van der Waals surface area contributed by atoms with Crippen LogP contribution in [0.5, 0.6) is 5.75 Å². The summed E-state index contributed by atoms with van der Waals surface area (Å²) >= 11 is 0. The lowest BCUT2D eigenvalue weighted by Crippen LogP contribution is -2.29. The van der Waals surface area contributed by atoms with Crippen molar-refractivity contribution in [3.8, 4) is 5.75 Å². The Kier molecular flexibility index (Phi) is 4.91. The van der Waals surface area contributed by atoms with Crippen molar-refractivity contribution < 1.29 is 14.8 Å². The number of aliphatic hydroxyl groups excluding tert-OH is 1. The van der Waals surface area contributed by atoms with Crippen molar-refractivity contribution in [1.82, 2.24) is 0 Å². The zero-order valence-corrected chi connectivity index (χ0v) is 10.7. The molecule has 100 valence electrons. The van der Waals surface area contributed by atoms with Crippen LogP contribution in [-0.4, -0.2) is 29.8 Å². The van der Waals surface area contributed by atoms with E-state index in [0.29, 0.717) is 11.4 Å². The zero-order valence-electron chi connectivity index (χ0n) is 10.7. The third-order valence-corrected chi connectivity index (χ3v) is 2.74. The van der Waals surface area contributed by atoms with Gasteiger partial charge in [0.15, 0.2) is 0 Å². The van der Waals surface area contributed by atoms with Gasteiger partial charge in [-0.3, -0.25) is 10.1 Å². The largest absolute Gasteiger partial charge is 0.497 e. The van der Waals surface area contributed by atoms with Gasteiger partial charge in [0.1, 0.15) is 11.4 Å². The molecule has 0 aliphatic rings. The first-order valence-electron chi connectivity index (χ1n) is 5.69. The van der Waals surface area contributed by atoms with Gasteiger partial charge < -0.3 is 15.2 Å².